The molecule has 0 saturated carbocycles. The zero-order valence-corrected chi connectivity index (χ0v) is 33.5. The monoisotopic (exact) mass is 792 g/mol. The van der Waals surface area contributed by atoms with Crippen LogP contribution in [0, 0.1) is 11.3 Å². The minimum absolute atomic E-state index is 0.523. The second kappa shape index (κ2) is 15.3. The zero-order chi connectivity index (χ0) is 41.5. The van der Waals surface area contributed by atoms with Gasteiger partial charge in [-0.3, -0.25) is 0 Å². The summed E-state index contributed by atoms with van der Waals surface area (Å²) < 4.78 is 6.82. The normalized spacial score (nSPS) is 12.4. The predicted molar refractivity (Wildman–Crippen MR) is 248 cm³/mol. The van der Waals surface area contributed by atoms with E-state index in [1.165, 1.54) is 11.1 Å². The minimum atomic E-state index is -0.598. The Kier molecular flexibility index (Phi) is 9.03. The lowest BCUT2D eigenvalue weighted by Gasteiger charge is -2.41. The number of ether oxygens (including phenoxy) is 1. The number of aromatic nitrogens is 3. The molecule has 10 aromatic rings. The molecule has 0 unspecified atom stereocenters. The number of hydrogen-bond donors (Lipinski definition) is 0. The first-order valence-corrected chi connectivity index (χ1v) is 20.7. The van der Waals surface area contributed by atoms with Crippen LogP contribution in [0.1, 0.15) is 27.8 Å². The van der Waals surface area contributed by atoms with Crippen LogP contribution in [-0.4, -0.2) is 15.0 Å². The van der Waals surface area contributed by atoms with Gasteiger partial charge in [-0.2, -0.15) is 5.26 Å². The highest BCUT2D eigenvalue weighted by Crippen LogP contribution is 2.55. The summed E-state index contributed by atoms with van der Waals surface area (Å²) in [4.78, 5) is 15.4. The molecule has 9 aromatic carbocycles. The smallest absolute Gasteiger partial charge is 0.164 e. The number of nitriles is 1. The molecule has 290 valence electrons. The van der Waals surface area contributed by atoms with Crippen LogP contribution in [0.5, 0.6) is 11.5 Å². The Morgan fingerprint density at radius 2 is 0.887 bits per heavy atom. The topological polar surface area (TPSA) is 71.7 Å². The summed E-state index contributed by atoms with van der Waals surface area (Å²) in [5.74, 6) is 3.26. The number of hydrogen-bond acceptors (Lipinski definition) is 5. The molecule has 11 rings (SSSR count). The fraction of sp³-hybridized carbons (Fsp3) is 0.0175. The third-order valence-electron chi connectivity index (χ3n) is 11.9. The fourth-order valence-electron chi connectivity index (χ4n) is 9.04. The van der Waals surface area contributed by atoms with Gasteiger partial charge < -0.3 is 4.74 Å². The van der Waals surface area contributed by atoms with Crippen molar-refractivity contribution in [3.8, 4) is 74.0 Å². The maximum absolute atomic E-state index is 9.55. The molecule has 0 spiro atoms. The third kappa shape index (κ3) is 6.22. The van der Waals surface area contributed by atoms with Crippen molar-refractivity contribution in [1.29, 1.82) is 5.26 Å². The number of para-hydroxylation sites is 1. The van der Waals surface area contributed by atoms with Crippen LogP contribution in [0.2, 0.25) is 0 Å². The van der Waals surface area contributed by atoms with Crippen molar-refractivity contribution in [2.45, 2.75) is 5.41 Å². The Bertz CT molecular complexity index is 3280. The summed E-state index contributed by atoms with van der Waals surface area (Å²) in [5.41, 5.74) is 11.3. The first-order chi connectivity index (χ1) is 30.7. The summed E-state index contributed by atoms with van der Waals surface area (Å²) >= 11 is 0. The summed E-state index contributed by atoms with van der Waals surface area (Å²) in [6.45, 7) is 0. The largest absolute Gasteiger partial charge is 0.457 e. The Morgan fingerprint density at radius 1 is 0.371 bits per heavy atom. The second-order valence-corrected chi connectivity index (χ2v) is 15.4. The van der Waals surface area contributed by atoms with Gasteiger partial charge in [0.15, 0.2) is 17.5 Å². The lowest BCUT2D eigenvalue weighted by atomic mass is 9.63. The van der Waals surface area contributed by atoms with Crippen LogP contribution in [-0.2, 0) is 5.41 Å². The van der Waals surface area contributed by atoms with Crippen LogP contribution in [0.25, 0.3) is 67.2 Å². The lowest BCUT2D eigenvalue weighted by Crippen LogP contribution is -2.34. The molecule has 0 radical (unpaired) electrons. The van der Waals surface area contributed by atoms with Gasteiger partial charge in [-0.15, -0.1) is 0 Å². The molecule has 0 saturated heterocycles. The van der Waals surface area contributed by atoms with Crippen LogP contribution < -0.4 is 4.74 Å². The zero-order valence-electron chi connectivity index (χ0n) is 33.5. The molecule has 5 nitrogen and oxygen atoms in total. The highest BCUT2D eigenvalue weighted by molar-refractivity contribution is 6.04. The van der Waals surface area contributed by atoms with Crippen molar-refractivity contribution >= 4 is 10.8 Å². The van der Waals surface area contributed by atoms with Crippen molar-refractivity contribution < 1.29 is 4.74 Å². The Balaban J connectivity index is 1.06. The van der Waals surface area contributed by atoms with Gasteiger partial charge in [0, 0.05) is 27.8 Å². The summed E-state index contributed by atoms with van der Waals surface area (Å²) in [5, 5.41) is 11.7. The van der Waals surface area contributed by atoms with Crippen LogP contribution in [0.3, 0.4) is 0 Å². The molecule has 62 heavy (non-hydrogen) atoms. The fourth-order valence-corrected chi connectivity index (χ4v) is 9.04. The first-order valence-electron chi connectivity index (χ1n) is 20.7. The summed E-state index contributed by atoms with van der Waals surface area (Å²) in [6, 6.07) is 77.4. The van der Waals surface area contributed by atoms with E-state index < -0.39 is 5.41 Å². The molecule has 1 aromatic heterocycles. The Morgan fingerprint density at radius 3 is 1.60 bits per heavy atom. The average Bonchev–Trinajstić information content (AvgIpc) is 3.36. The van der Waals surface area contributed by atoms with Gasteiger partial charge in [0.2, 0.25) is 0 Å². The van der Waals surface area contributed by atoms with Crippen molar-refractivity contribution in [3.05, 3.63) is 246 Å². The molecule has 0 fully saturated rings. The average molecular weight is 793 g/mol. The molecular weight excluding hydrogens is 757 g/mol. The first kappa shape index (κ1) is 36.6. The highest BCUT2D eigenvalue weighted by atomic mass is 16.5. The summed E-state index contributed by atoms with van der Waals surface area (Å²) in [6.07, 6.45) is 0. The van der Waals surface area contributed by atoms with Crippen LogP contribution in [0.4, 0.5) is 0 Å². The molecule has 0 aliphatic carbocycles. The van der Waals surface area contributed by atoms with Crippen molar-refractivity contribution in [1.82, 2.24) is 15.0 Å². The molecule has 0 bridgehead atoms. The molecule has 0 atom stereocenters. The standard InChI is InChI=1S/C57H36N4O/c58-37-38-27-29-40(30-28-38)54-59-55(61-56(60-54)49-33-32-46(39-15-4-1-5-16-39)47-23-10-11-24-48(47)49)43-18-14-17-41(35-43)42-31-34-51-53(36-42)62-52-26-13-12-25-50(52)57(51,44-19-6-2-7-20-44)45-21-8-3-9-22-45/h1-36H. The number of nitrogens with zero attached hydrogens (tertiary/aromatic N) is 4. The van der Waals surface area contributed by atoms with E-state index in [1.807, 2.05) is 36.4 Å². The molecule has 0 N–H and O–H groups in total. The van der Waals surface area contributed by atoms with Gasteiger partial charge in [-0.05, 0) is 92.7 Å². The van der Waals surface area contributed by atoms with E-state index in [2.05, 4.69) is 176 Å². The maximum Gasteiger partial charge on any atom is 0.164 e. The molecular formula is C57H36N4O. The second-order valence-electron chi connectivity index (χ2n) is 15.4. The molecule has 1 aliphatic heterocycles. The van der Waals surface area contributed by atoms with E-state index in [9.17, 15) is 5.26 Å². The van der Waals surface area contributed by atoms with Gasteiger partial charge in [-0.25, -0.2) is 15.0 Å². The predicted octanol–water partition coefficient (Wildman–Crippen LogP) is 13.7. The van der Waals surface area contributed by atoms with Crippen LogP contribution in [0.15, 0.2) is 218 Å². The van der Waals surface area contributed by atoms with E-state index in [1.54, 1.807) is 12.1 Å². The number of fused-ring (bicyclic) bond motifs is 3. The third-order valence-corrected chi connectivity index (χ3v) is 11.9. The SMILES string of the molecule is N#Cc1ccc(-c2nc(-c3cccc(-c4ccc5c(c4)Oc4ccccc4C5(c4ccccc4)c4ccccc4)c3)nc(-c3ccc(-c4ccccc4)c4ccccc34)n2)cc1. The van der Waals surface area contributed by atoms with Gasteiger partial charge in [0.25, 0.3) is 0 Å². The Labute approximate surface area is 359 Å². The van der Waals surface area contributed by atoms with E-state index in [-0.39, 0.29) is 0 Å². The van der Waals surface area contributed by atoms with Crippen molar-refractivity contribution in [2.24, 2.45) is 0 Å². The molecule has 1 aliphatic rings. The molecule has 5 heteroatoms. The number of rotatable bonds is 7. The van der Waals surface area contributed by atoms with E-state index in [0.29, 0.717) is 23.0 Å². The van der Waals surface area contributed by atoms with Gasteiger partial charge in [-0.1, -0.05) is 170 Å². The quantitative estimate of drug-likeness (QED) is 0.161. The molecule has 2 heterocycles. The van der Waals surface area contributed by atoms with Gasteiger partial charge in [0.05, 0.1) is 17.0 Å². The lowest BCUT2D eigenvalue weighted by molar-refractivity contribution is 0.435. The van der Waals surface area contributed by atoms with E-state index >= 15 is 0 Å². The minimum Gasteiger partial charge on any atom is -0.457 e. The Hall–Kier alpha value is -8.46. The van der Waals surface area contributed by atoms with E-state index in [0.717, 1.165) is 72.3 Å². The van der Waals surface area contributed by atoms with E-state index in [4.69, 9.17) is 19.7 Å². The molecule has 0 amide bonds. The summed E-state index contributed by atoms with van der Waals surface area (Å²) in [7, 11) is 0. The van der Waals surface area contributed by atoms with Crippen LogP contribution >= 0.6 is 0 Å². The highest BCUT2D eigenvalue weighted by Gasteiger charge is 2.45. The van der Waals surface area contributed by atoms with Gasteiger partial charge >= 0.3 is 0 Å². The van der Waals surface area contributed by atoms with Crippen molar-refractivity contribution in [3.63, 3.8) is 0 Å². The maximum atomic E-state index is 9.55. The van der Waals surface area contributed by atoms with Crippen molar-refractivity contribution in [2.75, 3.05) is 0 Å². The van der Waals surface area contributed by atoms with Gasteiger partial charge in [0.1, 0.15) is 11.5 Å². The number of benzene rings is 9.